The number of benzene rings is 2. The Kier molecular flexibility index (Phi) is 4.70. The third-order valence-electron chi connectivity index (χ3n) is 4.20. The van der Waals surface area contributed by atoms with Gasteiger partial charge < -0.3 is 18.6 Å². The Morgan fingerprint density at radius 2 is 1.79 bits per heavy atom. The van der Waals surface area contributed by atoms with Gasteiger partial charge >= 0.3 is 11.9 Å². The fourth-order valence-corrected chi connectivity index (χ4v) is 2.77. The summed E-state index contributed by atoms with van der Waals surface area (Å²) in [4.78, 5) is 36.0. The van der Waals surface area contributed by atoms with E-state index in [2.05, 4.69) is 4.74 Å². The summed E-state index contributed by atoms with van der Waals surface area (Å²) in [5.41, 5.74) is 1.44. The van der Waals surface area contributed by atoms with Gasteiger partial charge in [0.15, 0.2) is 5.76 Å². The van der Waals surface area contributed by atoms with Crippen molar-refractivity contribution in [3.05, 3.63) is 89.1 Å². The summed E-state index contributed by atoms with van der Waals surface area (Å²) in [7, 11) is 1.31. The van der Waals surface area contributed by atoms with Crippen LogP contribution in [0, 0.1) is 0 Å². The van der Waals surface area contributed by atoms with E-state index >= 15 is 0 Å². The third kappa shape index (κ3) is 3.66. The minimum absolute atomic E-state index is 0.0680. The largest absolute Gasteiger partial charge is 0.465 e. The summed E-state index contributed by atoms with van der Waals surface area (Å²) >= 11 is 0. The summed E-state index contributed by atoms with van der Waals surface area (Å²) < 4.78 is 20.5. The maximum Gasteiger partial charge on any atom is 0.379 e. The van der Waals surface area contributed by atoms with Gasteiger partial charge in [-0.25, -0.2) is 9.59 Å². The molecule has 2 aromatic carbocycles. The first-order valence-electron chi connectivity index (χ1n) is 8.57. The number of Topliss-reactive ketones (excluding diaryl/α,β-unsaturated/α-hetero) is 1. The van der Waals surface area contributed by atoms with Gasteiger partial charge in [0.05, 0.1) is 24.5 Å². The molecule has 0 saturated carbocycles. The van der Waals surface area contributed by atoms with E-state index in [-0.39, 0.29) is 28.8 Å². The Morgan fingerprint density at radius 1 is 1.00 bits per heavy atom. The second-order valence-electron chi connectivity index (χ2n) is 6.08. The number of hydrogen-bond acceptors (Lipinski definition) is 7. The normalized spacial score (nSPS) is 13.7. The molecular weight excluding hydrogens is 376 g/mol. The van der Waals surface area contributed by atoms with Gasteiger partial charge in [-0.3, -0.25) is 4.79 Å². The summed E-state index contributed by atoms with van der Waals surface area (Å²) in [6.45, 7) is 0. The lowest BCUT2D eigenvalue weighted by atomic mass is 10.1. The molecule has 0 aliphatic carbocycles. The number of hydrogen-bond donors (Lipinski definition) is 0. The van der Waals surface area contributed by atoms with Crippen LogP contribution in [0.3, 0.4) is 0 Å². The smallest absolute Gasteiger partial charge is 0.379 e. The Morgan fingerprint density at radius 3 is 2.48 bits per heavy atom. The summed E-state index contributed by atoms with van der Waals surface area (Å²) in [6, 6.07) is 14.1. The van der Waals surface area contributed by atoms with Crippen molar-refractivity contribution in [2.24, 2.45) is 0 Å². The number of fused-ring (bicyclic) bond motifs is 1. The molecule has 0 radical (unpaired) electrons. The lowest BCUT2D eigenvalue weighted by molar-refractivity contribution is 0.0600. The molecule has 4 rings (SSSR count). The molecule has 144 valence electrons. The molecule has 1 aliphatic heterocycles. The maximum absolute atomic E-state index is 12.6. The number of rotatable bonds is 4. The van der Waals surface area contributed by atoms with Crippen molar-refractivity contribution in [2.45, 2.75) is 0 Å². The first kappa shape index (κ1) is 18.2. The SMILES string of the molecule is COC(=O)c1ccc(/C=C2\Oc3cc(OC(=O)c4ccco4)ccc3C2=O)cc1. The topological polar surface area (TPSA) is 92.0 Å². The molecule has 2 heterocycles. The van der Waals surface area contributed by atoms with E-state index in [1.165, 1.54) is 37.6 Å². The molecule has 1 aliphatic rings. The van der Waals surface area contributed by atoms with Crippen molar-refractivity contribution in [2.75, 3.05) is 7.11 Å². The molecule has 1 aromatic heterocycles. The van der Waals surface area contributed by atoms with Crippen LogP contribution in [-0.4, -0.2) is 24.8 Å². The van der Waals surface area contributed by atoms with E-state index in [0.717, 1.165) is 0 Å². The number of carbonyl (C=O) groups is 3. The molecule has 0 bridgehead atoms. The van der Waals surface area contributed by atoms with Crippen molar-refractivity contribution >= 4 is 23.8 Å². The average Bonchev–Trinajstić information content (AvgIpc) is 3.37. The van der Waals surface area contributed by atoms with Crippen LogP contribution in [0.5, 0.6) is 11.5 Å². The van der Waals surface area contributed by atoms with Crippen LogP contribution in [0.4, 0.5) is 0 Å². The molecule has 0 spiro atoms. The van der Waals surface area contributed by atoms with Crippen LogP contribution in [-0.2, 0) is 4.74 Å². The highest BCUT2D eigenvalue weighted by atomic mass is 16.5. The van der Waals surface area contributed by atoms with Gasteiger partial charge in [0, 0.05) is 6.07 Å². The third-order valence-corrected chi connectivity index (χ3v) is 4.20. The van der Waals surface area contributed by atoms with E-state index in [4.69, 9.17) is 13.9 Å². The molecule has 0 N–H and O–H groups in total. The van der Waals surface area contributed by atoms with Gasteiger partial charge in [-0.1, -0.05) is 12.1 Å². The fourth-order valence-electron chi connectivity index (χ4n) is 2.77. The highest BCUT2D eigenvalue weighted by Crippen LogP contribution is 2.35. The maximum atomic E-state index is 12.6. The Bertz CT molecular complexity index is 1120. The summed E-state index contributed by atoms with van der Waals surface area (Å²) in [5.74, 6) is -0.680. The van der Waals surface area contributed by atoms with E-state index in [9.17, 15) is 14.4 Å². The second-order valence-corrected chi connectivity index (χ2v) is 6.08. The molecule has 3 aromatic rings. The number of methoxy groups -OCH3 is 1. The van der Waals surface area contributed by atoms with Gasteiger partial charge in [-0.05, 0) is 48.0 Å². The second kappa shape index (κ2) is 7.47. The molecule has 0 amide bonds. The lowest BCUT2D eigenvalue weighted by Crippen LogP contribution is -2.07. The standard InChI is InChI=1S/C22H14O7/c1-26-21(24)14-6-4-13(5-7-14)11-19-20(23)16-9-8-15(12-18(16)29-19)28-22(25)17-3-2-10-27-17/h2-12H,1H3/b19-11-. The van der Waals surface area contributed by atoms with Crippen molar-refractivity contribution in [3.63, 3.8) is 0 Å². The Hall–Kier alpha value is -4.13. The number of esters is 2. The van der Waals surface area contributed by atoms with E-state index in [0.29, 0.717) is 16.7 Å². The van der Waals surface area contributed by atoms with Crippen LogP contribution < -0.4 is 9.47 Å². The molecule has 7 heteroatoms. The molecule has 29 heavy (non-hydrogen) atoms. The molecule has 0 saturated heterocycles. The van der Waals surface area contributed by atoms with E-state index in [1.807, 2.05) is 0 Å². The average molecular weight is 390 g/mol. The number of furan rings is 1. The zero-order valence-corrected chi connectivity index (χ0v) is 15.2. The van der Waals surface area contributed by atoms with Crippen LogP contribution in [0.25, 0.3) is 6.08 Å². The van der Waals surface area contributed by atoms with Crippen LogP contribution in [0.15, 0.2) is 71.0 Å². The van der Waals surface area contributed by atoms with Crippen LogP contribution >= 0.6 is 0 Å². The summed E-state index contributed by atoms with van der Waals surface area (Å²) in [5, 5.41) is 0. The number of allylic oxidation sites excluding steroid dienone is 1. The van der Waals surface area contributed by atoms with Crippen molar-refractivity contribution in [1.29, 1.82) is 0 Å². The molecule has 0 atom stereocenters. The van der Waals surface area contributed by atoms with E-state index < -0.39 is 11.9 Å². The summed E-state index contributed by atoms with van der Waals surface area (Å²) in [6.07, 6.45) is 2.94. The minimum Gasteiger partial charge on any atom is -0.465 e. The monoisotopic (exact) mass is 390 g/mol. The highest BCUT2D eigenvalue weighted by Gasteiger charge is 2.28. The van der Waals surface area contributed by atoms with Gasteiger partial charge in [0.1, 0.15) is 11.5 Å². The van der Waals surface area contributed by atoms with E-state index in [1.54, 1.807) is 36.4 Å². The number of carbonyl (C=O) groups excluding carboxylic acids is 3. The first-order valence-corrected chi connectivity index (χ1v) is 8.57. The first-order chi connectivity index (χ1) is 14.0. The molecular formula is C22H14O7. The molecule has 0 unspecified atom stereocenters. The van der Waals surface area contributed by atoms with Gasteiger partial charge in [0.25, 0.3) is 0 Å². The Balaban J connectivity index is 1.52. The molecule has 7 nitrogen and oxygen atoms in total. The quantitative estimate of drug-likeness (QED) is 0.379. The zero-order valence-electron chi connectivity index (χ0n) is 15.2. The minimum atomic E-state index is -0.652. The zero-order chi connectivity index (χ0) is 20.4. The van der Waals surface area contributed by atoms with Crippen molar-refractivity contribution in [3.8, 4) is 11.5 Å². The van der Waals surface area contributed by atoms with Crippen molar-refractivity contribution < 1.29 is 33.0 Å². The Labute approximate surface area is 165 Å². The highest BCUT2D eigenvalue weighted by molar-refractivity contribution is 6.14. The fraction of sp³-hybridized carbons (Fsp3) is 0.0455. The predicted molar refractivity (Wildman–Crippen MR) is 101 cm³/mol. The van der Waals surface area contributed by atoms with Gasteiger partial charge in [-0.2, -0.15) is 0 Å². The lowest BCUT2D eigenvalue weighted by Gasteiger charge is -2.04. The van der Waals surface area contributed by atoms with Crippen LogP contribution in [0.1, 0.15) is 36.8 Å². The predicted octanol–water partition coefficient (Wildman–Crippen LogP) is 3.90. The number of ether oxygens (including phenoxy) is 3. The molecule has 0 fully saturated rings. The van der Waals surface area contributed by atoms with Crippen molar-refractivity contribution in [1.82, 2.24) is 0 Å². The number of ketones is 1. The van der Waals surface area contributed by atoms with Crippen LogP contribution in [0.2, 0.25) is 0 Å². The van der Waals surface area contributed by atoms with Gasteiger partial charge in [-0.15, -0.1) is 0 Å². The van der Waals surface area contributed by atoms with Gasteiger partial charge in [0.2, 0.25) is 11.5 Å².